The Kier molecular flexibility index (Phi) is 3.64. The van der Waals surface area contributed by atoms with Gasteiger partial charge >= 0.3 is 0 Å². The zero-order chi connectivity index (χ0) is 13.0. The third-order valence-corrected chi connectivity index (χ3v) is 2.32. The lowest BCUT2D eigenvalue weighted by Gasteiger charge is -2.05. The van der Waals surface area contributed by atoms with Crippen LogP contribution in [0.3, 0.4) is 0 Å². The number of halogens is 1. The van der Waals surface area contributed by atoms with Crippen molar-refractivity contribution >= 4 is 11.6 Å². The second-order valence-corrected chi connectivity index (χ2v) is 3.66. The number of benzene rings is 1. The van der Waals surface area contributed by atoms with Gasteiger partial charge in [0.25, 0.3) is 5.91 Å². The smallest absolute Gasteiger partial charge is 0.274 e. The van der Waals surface area contributed by atoms with Gasteiger partial charge in [0, 0.05) is 5.69 Å². The number of hydrogen-bond acceptors (Lipinski definition) is 3. The molecule has 2 aromatic rings. The summed E-state index contributed by atoms with van der Waals surface area (Å²) in [6.45, 7) is -0.109. The summed E-state index contributed by atoms with van der Waals surface area (Å²) in [6.07, 6.45) is 0. The zero-order valence-corrected chi connectivity index (χ0v) is 9.43. The zero-order valence-electron chi connectivity index (χ0n) is 9.43. The van der Waals surface area contributed by atoms with Crippen molar-refractivity contribution in [1.82, 2.24) is 4.98 Å². The summed E-state index contributed by atoms with van der Waals surface area (Å²) in [6, 6.07) is 10.8. The van der Waals surface area contributed by atoms with E-state index in [2.05, 4.69) is 10.3 Å². The largest absolute Gasteiger partial charge is 0.392 e. The minimum absolute atomic E-state index is 0.00408. The molecule has 0 atom stereocenters. The summed E-state index contributed by atoms with van der Waals surface area (Å²) >= 11 is 0. The Labute approximate surface area is 103 Å². The number of aromatic nitrogens is 1. The Hall–Kier alpha value is -2.27. The van der Waals surface area contributed by atoms with Crippen molar-refractivity contribution in [3.8, 4) is 0 Å². The average Bonchev–Trinajstić information content (AvgIpc) is 2.39. The second kappa shape index (κ2) is 5.37. The summed E-state index contributed by atoms with van der Waals surface area (Å²) in [5.74, 6) is -1.20. The van der Waals surface area contributed by atoms with Crippen molar-refractivity contribution in [3.05, 3.63) is 59.7 Å². The van der Waals surface area contributed by atoms with Gasteiger partial charge < -0.3 is 10.4 Å². The summed E-state index contributed by atoms with van der Waals surface area (Å²) in [5, 5.41) is 11.6. The van der Waals surface area contributed by atoms with Crippen LogP contribution in [0.25, 0.3) is 0 Å². The van der Waals surface area contributed by atoms with Gasteiger partial charge in [-0.1, -0.05) is 18.2 Å². The Bertz CT molecular complexity index is 572. The maximum atomic E-state index is 12.9. The van der Waals surface area contributed by atoms with Crippen molar-refractivity contribution in [3.63, 3.8) is 0 Å². The van der Waals surface area contributed by atoms with Crippen LogP contribution in [-0.2, 0) is 6.61 Å². The lowest BCUT2D eigenvalue weighted by molar-refractivity contribution is 0.102. The molecule has 0 spiro atoms. The van der Waals surface area contributed by atoms with Gasteiger partial charge in [0.2, 0.25) is 5.95 Å². The molecular weight excluding hydrogens is 235 g/mol. The minimum atomic E-state index is -0.702. The molecule has 5 heteroatoms. The molecule has 1 heterocycles. The Morgan fingerprint density at radius 1 is 1.28 bits per heavy atom. The summed E-state index contributed by atoms with van der Waals surface area (Å²) in [4.78, 5) is 15.2. The van der Waals surface area contributed by atoms with Crippen LogP contribution in [-0.4, -0.2) is 16.0 Å². The molecule has 2 rings (SSSR count). The number of carbonyl (C=O) groups is 1. The van der Waals surface area contributed by atoms with Crippen LogP contribution in [0.5, 0.6) is 0 Å². The molecule has 92 valence electrons. The van der Waals surface area contributed by atoms with Gasteiger partial charge in [0.05, 0.1) is 6.61 Å². The molecule has 0 unspecified atom stereocenters. The average molecular weight is 246 g/mol. The van der Waals surface area contributed by atoms with E-state index >= 15 is 0 Å². The van der Waals surface area contributed by atoms with E-state index < -0.39 is 11.9 Å². The van der Waals surface area contributed by atoms with E-state index in [1.165, 1.54) is 18.2 Å². The van der Waals surface area contributed by atoms with E-state index in [1.807, 2.05) is 0 Å². The number of carbonyl (C=O) groups excluding carboxylic acids is 1. The molecular formula is C13H11FN2O2. The third kappa shape index (κ3) is 2.89. The van der Waals surface area contributed by atoms with Crippen LogP contribution in [0.1, 0.15) is 16.1 Å². The number of nitrogens with zero attached hydrogens (tertiary/aromatic N) is 1. The standard InChI is InChI=1S/C13H11FN2O2/c14-12-6-2-5-11(16-12)13(18)15-10-4-1-3-9(7-10)8-17/h1-7,17H,8H2,(H,15,18). The summed E-state index contributed by atoms with van der Waals surface area (Å²) < 4.78 is 12.9. The molecule has 1 aromatic carbocycles. The monoisotopic (exact) mass is 246 g/mol. The molecule has 0 bridgehead atoms. The van der Waals surface area contributed by atoms with E-state index in [0.717, 1.165) is 0 Å². The first-order chi connectivity index (χ1) is 8.69. The number of aliphatic hydroxyl groups excluding tert-OH is 1. The first-order valence-corrected chi connectivity index (χ1v) is 5.33. The van der Waals surface area contributed by atoms with E-state index in [1.54, 1.807) is 24.3 Å². The molecule has 1 amide bonds. The van der Waals surface area contributed by atoms with Crippen LogP contribution in [0, 0.1) is 5.95 Å². The number of pyridine rings is 1. The van der Waals surface area contributed by atoms with Crippen molar-refractivity contribution < 1.29 is 14.3 Å². The van der Waals surface area contributed by atoms with Crippen molar-refractivity contribution in [2.24, 2.45) is 0 Å². The molecule has 4 nitrogen and oxygen atoms in total. The van der Waals surface area contributed by atoms with Gasteiger partial charge in [-0.25, -0.2) is 4.98 Å². The van der Waals surface area contributed by atoms with Gasteiger partial charge in [-0.2, -0.15) is 4.39 Å². The van der Waals surface area contributed by atoms with Crippen LogP contribution < -0.4 is 5.32 Å². The van der Waals surface area contributed by atoms with E-state index in [4.69, 9.17) is 5.11 Å². The van der Waals surface area contributed by atoms with Gasteiger partial charge in [0.15, 0.2) is 0 Å². The lowest BCUT2D eigenvalue weighted by atomic mass is 10.2. The number of amides is 1. The fraction of sp³-hybridized carbons (Fsp3) is 0.0769. The number of hydrogen-bond donors (Lipinski definition) is 2. The molecule has 2 N–H and O–H groups in total. The van der Waals surface area contributed by atoms with Gasteiger partial charge in [-0.15, -0.1) is 0 Å². The molecule has 0 aliphatic heterocycles. The topological polar surface area (TPSA) is 62.2 Å². The van der Waals surface area contributed by atoms with Gasteiger partial charge in [-0.3, -0.25) is 4.79 Å². The predicted molar refractivity (Wildman–Crippen MR) is 64.5 cm³/mol. The minimum Gasteiger partial charge on any atom is -0.392 e. The fourth-order valence-electron chi connectivity index (χ4n) is 1.48. The van der Waals surface area contributed by atoms with E-state index in [-0.39, 0.29) is 12.3 Å². The third-order valence-electron chi connectivity index (χ3n) is 2.32. The Morgan fingerprint density at radius 3 is 2.78 bits per heavy atom. The Morgan fingerprint density at radius 2 is 2.06 bits per heavy atom. The maximum Gasteiger partial charge on any atom is 0.274 e. The molecule has 0 radical (unpaired) electrons. The fourth-order valence-corrected chi connectivity index (χ4v) is 1.48. The first-order valence-electron chi connectivity index (χ1n) is 5.33. The van der Waals surface area contributed by atoms with Gasteiger partial charge in [-0.05, 0) is 29.8 Å². The van der Waals surface area contributed by atoms with E-state index in [0.29, 0.717) is 11.3 Å². The van der Waals surface area contributed by atoms with Crippen molar-refractivity contribution in [2.45, 2.75) is 6.61 Å². The van der Waals surface area contributed by atoms with Crippen LogP contribution in [0.4, 0.5) is 10.1 Å². The van der Waals surface area contributed by atoms with Crippen molar-refractivity contribution in [2.75, 3.05) is 5.32 Å². The molecule has 18 heavy (non-hydrogen) atoms. The highest BCUT2D eigenvalue weighted by Gasteiger charge is 2.08. The quantitative estimate of drug-likeness (QED) is 0.814. The summed E-state index contributed by atoms with van der Waals surface area (Å²) in [7, 11) is 0. The van der Waals surface area contributed by atoms with Crippen molar-refractivity contribution in [1.29, 1.82) is 0 Å². The highest BCUT2D eigenvalue weighted by Crippen LogP contribution is 2.11. The SMILES string of the molecule is O=C(Nc1cccc(CO)c1)c1cccc(F)n1. The molecule has 0 aliphatic carbocycles. The molecule has 0 saturated heterocycles. The number of anilines is 1. The van der Waals surface area contributed by atoms with Crippen LogP contribution in [0.2, 0.25) is 0 Å². The number of nitrogens with one attached hydrogen (secondary N) is 1. The van der Waals surface area contributed by atoms with Crippen LogP contribution in [0.15, 0.2) is 42.5 Å². The molecule has 0 fully saturated rings. The second-order valence-electron chi connectivity index (χ2n) is 3.66. The predicted octanol–water partition coefficient (Wildman–Crippen LogP) is 1.97. The first kappa shape index (κ1) is 12.2. The lowest BCUT2D eigenvalue weighted by Crippen LogP contribution is -2.14. The normalized spacial score (nSPS) is 10.1. The number of rotatable bonds is 3. The maximum absolute atomic E-state index is 12.9. The summed E-state index contributed by atoms with van der Waals surface area (Å²) in [5.41, 5.74) is 1.21. The molecule has 0 aliphatic rings. The van der Waals surface area contributed by atoms with E-state index in [9.17, 15) is 9.18 Å². The highest BCUT2D eigenvalue weighted by molar-refractivity contribution is 6.02. The number of aliphatic hydroxyl groups is 1. The highest BCUT2D eigenvalue weighted by atomic mass is 19.1. The molecule has 1 aromatic heterocycles. The Balaban J connectivity index is 2.16. The van der Waals surface area contributed by atoms with Gasteiger partial charge in [0.1, 0.15) is 5.69 Å². The molecule has 0 saturated carbocycles. The van der Waals surface area contributed by atoms with Crippen LogP contribution >= 0.6 is 0 Å².